The van der Waals surface area contributed by atoms with E-state index in [0.29, 0.717) is 11.8 Å². The lowest BCUT2D eigenvalue weighted by Gasteiger charge is -2.06. The Kier molecular flexibility index (Phi) is 3.60. The summed E-state index contributed by atoms with van der Waals surface area (Å²) in [6.45, 7) is 2.11. The van der Waals surface area contributed by atoms with Gasteiger partial charge >= 0.3 is 0 Å². The minimum atomic E-state index is -1.22. The third kappa shape index (κ3) is 2.67. The van der Waals surface area contributed by atoms with Gasteiger partial charge in [0.05, 0.1) is 12.2 Å². The zero-order chi connectivity index (χ0) is 13.1. The highest BCUT2D eigenvalue weighted by Gasteiger charge is 2.11. The average molecular weight is 255 g/mol. The first-order valence-corrected chi connectivity index (χ1v) is 5.56. The minimum absolute atomic E-state index is 0.166. The molecule has 1 N–H and O–H groups in total. The normalized spacial score (nSPS) is 10.7. The van der Waals surface area contributed by atoms with Gasteiger partial charge in [-0.25, -0.2) is 13.2 Å². The van der Waals surface area contributed by atoms with Crippen LogP contribution in [-0.2, 0) is 13.0 Å². The molecule has 5 heteroatoms. The summed E-state index contributed by atoms with van der Waals surface area (Å²) in [4.78, 5) is 0. The average Bonchev–Trinajstić information content (AvgIpc) is 2.80. The van der Waals surface area contributed by atoms with Gasteiger partial charge in [0.2, 0.25) is 0 Å². The SMILES string of the molecule is CCc1ccc(CNc2cc(F)cc(F)c2F)o1. The molecule has 0 aliphatic rings. The van der Waals surface area contributed by atoms with Gasteiger partial charge in [-0.3, -0.25) is 0 Å². The Morgan fingerprint density at radius 1 is 1.11 bits per heavy atom. The van der Waals surface area contributed by atoms with Crippen molar-refractivity contribution >= 4 is 5.69 Å². The summed E-state index contributed by atoms with van der Waals surface area (Å²) >= 11 is 0. The topological polar surface area (TPSA) is 25.2 Å². The van der Waals surface area contributed by atoms with Crippen molar-refractivity contribution in [2.24, 2.45) is 0 Å². The molecule has 96 valence electrons. The molecular weight excluding hydrogens is 243 g/mol. The fourth-order valence-electron chi connectivity index (χ4n) is 1.57. The van der Waals surface area contributed by atoms with Crippen LogP contribution in [0.15, 0.2) is 28.7 Å². The quantitative estimate of drug-likeness (QED) is 0.839. The maximum absolute atomic E-state index is 13.3. The largest absolute Gasteiger partial charge is 0.464 e. The molecule has 0 spiro atoms. The third-order valence-corrected chi connectivity index (χ3v) is 2.51. The molecule has 0 unspecified atom stereocenters. The van der Waals surface area contributed by atoms with Crippen LogP contribution in [0, 0.1) is 17.5 Å². The molecular formula is C13H12F3NO. The van der Waals surface area contributed by atoms with Crippen molar-refractivity contribution in [2.45, 2.75) is 19.9 Å². The van der Waals surface area contributed by atoms with Crippen molar-refractivity contribution in [3.05, 3.63) is 53.2 Å². The van der Waals surface area contributed by atoms with E-state index in [4.69, 9.17) is 4.42 Å². The van der Waals surface area contributed by atoms with Crippen LogP contribution < -0.4 is 5.32 Å². The first kappa shape index (κ1) is 12.5. The third-order valence-electron chi connectivity index (χ3n) is 2.51. The molecule has 2 aromatic rings. The standard InChI is InChI=1S/C13H12F3NO/c1-2-9-3-4-10(18-9)7-17-12-6-8(14)5-11(15)13(12)16/h3-6,17H,2,7H2,1H3. The van der Waals surface area contributed by atoms with E-state index in [0.717, 1.165) is 18.2 Å². The Hall–Kier alpha value is -1.91. The lowest BCUT2D eigenvalue weighted by molar-refractivity contribution is 0.473. The molecule has 0 aliphatic heterocycles. The van der Waals surface area contributed by atoms with Gasteiger partial charge in [-0.1, -0.05) is 6.92 Å². The minimum Gasteiger partial charge on any atom is -0.464 e. The van der Waals surface area contributed by atoms with Gasteiger partial charge in [0.25, 0.3) is 0 Å². The van der Waals surface area contributed by atoms with Crippen LogP contribution in [0.3, 0.4) is 0 Å². The second-order valence-electron chi connectivity index (χ2n) is 3.82. The van der Waals surface area contributed by atoms with Crippen LogP contribution in [0.4, 0.5) is 18.9 Å². The fourth-order valence-corrected chi connectivity index (χ4v) is 1.57. The number of halogens is 3. The van der Waals surface area contributed by atoms with Crippen molar-refractivity contribution < 1.29 is 17.6 Å². The van der Waals surface area contributed by atoms with E-state index >= 15 is 0 Å². The Balaban J connectivity index is 2.10. The molecule has 2 rings (SSSR count). The monoisotopic (exact) mass is 255 g/mol. The fraction of sp³-hybridized carbons (Fsp3) is 0.231. The number of hydrogen-bond donors (Lipinski definition) is 1. The van der Waals surface area contributed by atoms with Gasteiger partial charge in [0, 0.05) is 18.6 Å². The lowest BCUT2D eigenvalue weighted by Crippen LogP contribution is -2.03. The van der Waals surface area contributed by atoms with E-state index in [1.54, 1.807) is 12.1 Å². The highest BCUT2D eigenvalue weighted by atomic mass is 19.2. The summed E-state index contributed by atoms with van der Waals surface area (Å²) in [5, 5.41) is 2.60. The van der Waals surface area contributed by atoms with Crippen LogP contribution in [-0.4, -0.2) is 0 Å². The van der Waals surface area contributed by atoms with Crippen molar-refractivity contribution in [2.75, 3.05) is 5.32 Å². The van der Waals surface area contributed by atoms with Crippen LogP contribution in [0.25, 0.3) is 0 Å². The van der Waals surface area contributed by atoms with Crippen molar-refractivity contribution in [3.63, 3.8) is 0 Å². The van der Waals surface area contributed by atoms with Gasteiger partial charge in [0.15, 0.2) is 11.6 Å². The summed E-state index contributed by atoms with van der Waals surface area (Å²) in [6, 6.07) is 4.95. The Labute approximate surface area is 102 Å². The first-order valence-electron chi connectivity index (χ1n) is 5.56. The molecule has 0 saturated heterocycles. The van der Waals surface area contributed by atoms with Gasteiger partial charge in [-0.05, 0) is 12.1 Å². The molecule has 1 aromatic heterocycles. The molecule has 0 radical (unpaired) electrons. The van der Waals surface area contributed by atoms with Crippen LogP contribution >= 0.6 is 0 Å². The van der Waals surface area contributed by atoms with E-state index in [1.165, 1.54) is 0 Å². The second kappa shape index (κ2) is 5.16. The number of nitrogens with one attached hydrogen (secondary N) is 1. The molecule has 0 amide bonds. The van der Waals surface area contributed by atoms with Crippen molar-refractivity contribution in [3.8, 4) is 0 Å². The smallest absolute Gasteiger partial charge is 0.182 e. The lowest BCUT2D eigenvalue weighted by atomic mass is 10.2. The molecule has 0 saturated carbocycles. The molecule has 1 heterocycles. The summed E-state index contributed by atoms with van der Waals surface area (Å²) in [6.07, 6.45) is 0.753. The number of aryl methyl sites for hydroxylation is 1. The van der Waals surface area contributed by atoms with Crippen molar-refractivity contribution in [1.29, 1.82) is 0 Å². The summed E-state index contributed by atoms with van der Waals surface area (Å²) < 4.78 is 44.6. The number of anilines is 1. The zero-order valence-electron chi connectivity index (χ0n) is 9.77. The number of hydrogen-bond acceptors (Lipinski definition) is 2. The number of furan rings is 1. The Bertz CT molecular complexity index is 551. The van der Waals surface area contributed by atoms with E-state index in [9.17, 15) is 13.2 Å². The predicted octanol–water partition coefficient (Wildman–Crippen LogP) is 3.87. The second-order valence-corrected chi connectivity index (χ2v) is 3.82. The van der Waals surface area contributed by atoms with Gasteiger partial charge < -0.3 is 9.73 Å². The molecule has 1 aromatic carbocycles. The van der Waals surface area contributed by atoms with E-state index < -0.39 is 17.5 Å². The van der Waals surface area contributed by atoms with Gasteiger partial charge in [-0.15, -0.1) is 0 Å². The molecule has 0 aliphatic carbocycles. The highest BCUT2D eigenvalue weighted by molar-refractivity contribution is 5.45. The Morgan fingerprint density at radius 2 is 1.83 bits per heavy atom. The van der Waals surface area contributed by atoms with Gasteiger partial charge in [-0.2, -0.15) is 0 Å². The zero-order valence-corrected chi connectivity index (χ0v) is 9.77. The van der Waals surface area contributed by atoms with Crippen LogP contribution in [0.1, 0.15) is 18.4 Å². The maximum Gasteiger partial charge on any atom is 0.182 e. The molecule has 18 heavy (non-hydrogen) atoms. The molecule has 0 atom stereocenters. The van der Waals surface area contributed by atoms with Crippen LogP contribution in [0.2, 0.25) is 0 Å². The van der Waals surface area contributed by atoms with E-state index in [1.807, 2.05) is 6.92 Å². The summed E-state index contributed by atoms with van der Waals surface area (Å²) in [7, 11) is 0. The summed E-state index contributed by atoms with van der Waals surface area (Å²) in [5.74, 6) is -1.76. The van der Waals surface area contributed by atoms with Crippen LogP contribution in [0.5, 0.6) is 0 Å². The van der Waals surface area contributed by atoms with E-state index in [2.05, 4.69) is 5.32 Å². The number of benzene rings is 1. The highest BCUT2D eigenvalue weighted by Crippen LogP contribution is 2.20. The molecule has 2 nitrogen and oxygen atoms in total. The maximum atomic E-state index is 13.3. The first-order chi connectivity index (χ1) is 8.60. The van der Waals surface area contributed by atoms with Gasteiger partial charge in [0.1, 0.15) is 17.3 Å². The molecule has 0 fully saturated rings. The Morgan fingerprint density at radius 3 is 2.50 bits per heavy atom. The molecule has 0 bridgehead atoms. The predicted molar refractivity (Wildman–Crippen MR) is 61.7 cm³/mol. The summed E-state index contributed by atoms with van der Waals surface area (Å²) in [5.41, 5.74) is -0.220. The van der Waals surface area contributed by atoms with Crippen molar-refractivity contribution in [1.82, 2.24) is 0 Å². The number of rotatable bonds is 4. The van der Waals surface area contributed by atoms with E-state index in [-0.39, 0.29) is 12.2 Å².